The van der Waals surface area contributed by atoms with E-state index >= 15 is 0 Å². The first-order valence-corrected chi connectivity index (χ1v) is 4.58. The molecule has 0 aromatic carbocycles. The molecule has 0 unspecified atom stereocenters. The van der Waals surface area contributed by atoms with Gasteiger partial charge in [-0.05, 0) is 12.8 Å². The fraction of sp³-hybridized carbons (Fsp3) is 0.875. The first-order valence-electron chi connectivity index (χ1n) is 4.58. The molecule has 1 aliphatic carbocycles. The summed E-state index contributed by atoms with van der Waals surface area (Å²) in [6, 6.07) is 0.529. The molecule has 2 aliphatic rings. The molecule has 1 aliphatic heterocycles. The highest BCUT2D eigenvalue weighted by molar-refractivity contribution is 5.85. The second-order valence-corrected chi connectivity index (χ2v) is 3.49. The van der Waals surface area contributed by atoms with Gasteiger partial charge in [0.2, 0.25) is 6.54 Å². The Morgan fingerprint density at radius 3 is 2.54 bits per heavy atom. The summed E-state index contributed by atoms with van der Waals surface area (Å²) in [7, 11) is 0. The fourth-order valence-electron chi connectivity index (χ4n) is 1.88. The Bertz CT molecular complexity index is 223. The third-order valence-electron chi connectivity index (χ3n) is 2.56. The molecule has 0 saturated heterocycles. The molecule has 2 rings (SSSR count). The summed E-state index contributed by atoms with van der Waals surface area (Å²) in [5, 5.41) is 11.1. The topological polar surface area (TPSA) is 48.5 Å². The third-order valence-corrected chi connectivity index (χ3v) is 2.56. The lowest BCUT2D eigenvalue weighted by atomic mass is 9.95. The Kier molecular flexibility index (Phi) is 3.66. The lowest BCUT2D eigenvalue weighted by Crippen LogP contribution is -2.27. The second-order valence-electron chi connectivity index (χ2n) is 3.49. The Hall–Kier alpha value is -0.640. The van der Waals surface area contributed by atoms with Crippen molar-refractivity contribution in [3.8, 4) is 0 Å². The van der Waals surface area contributed by atoms with Crippen LogP contribution in [-0.2, 0) is 4.84 Å². The van der Waals surface area contributed by atoms with E-state index in [1.807, 2.05) is 4.70 Å². The summed E-state index contributed by atoms with van der Waals surface area (Å²) in [6.07, 6.45) is 6.36. The molecule has 74 valence electrons. The van der Waals surface area contributed by atoms with Crippen molar-refractivity contribution in [1.29, 1.82) is 5.41 Å². The van der Waals surface area contributed by atoms with Crippen molar-refractivity contribution in [1.82, 2.24) is 0 Å². The van der Waals surface area contributed by atoms with E-state index in [1.54, 1.807) is 0 Å². The lowest BCUT2D eigenvalue weighted by Gasteiger charge is -2.14. The Morgan fingerprint density at radius 2 is 2.00 bits per heavy atom. The molecule has 13 heavy (non-hydrogen) atoms. The number of hydrogen-bond acceptors (Lipinski definition) is 3. The predicted molar refractivity (Wildman–Crippen MR) is 50.5 cm³/mol. The summed E-state index contributed by atoms with van der Waals surface area (Å²) in [4.78, 5) is 4.75. The van der Waals surface area contributed by atoms with Crippen LogP contribution in [0, 0.1) is 5.41 Å². The van der Waals surface area contributed by atoms with Crippen LogP contribution in [0.15, 0.2) is 5.28 Å². The Balaban J connectivity index is 0.000000845. The Labute approximate surface area is 83.8 Å². The van der Waals surface area contributed by atoms with E-state index in [1.165, 1.54) is 32.1 Å². The zero-order valence-electron chi connectivity index (χ0n) is 7.53. The average Bonchev–Trinajstić information content (AvgIpc) is 2.54. The van der Waals surface area contributed by atoms with Gasteiger partial charge in [-0.2, -0.15) is 0 Å². The lowest BCUT2D eigenvalue weighted by molar-refractivity contribution is -0.623. The van der Waals surface area contributed by atoms with Gasteiger partial charge >= 0.3 is 0 Å². The van der Waals surface area contributed by atoms with Crippen molar-refractivity contribution in [2.45, 2.75) is 38.1 Å². The zero-order valence-corrected chi connectivity index (χ0v) is 8.35. The van der Waals surface area contributed by atoms with Gasteiger partial charge in [-0.3, -0.25) is 10.2 Å². The summed E-state index contributed by atoms with van der Waals surface area (Å²) in [5.74, 6) is 0.278. The number of hydrogen-bond donors (Lipinski definition) is 1. The van der Waals surface area contributed by atoms with Crippen LogP contribution in [0.25, 0.3) is 0 Å². The van der Waals surface area contributed by atoms with E-state index in [0.717, 1.165) is 0 Å². The van der Waals surface area contributed by atoms with E-state index < -0.39 is 0 Å². The highest BCUT2D eigenvalue weighted by Crippen LogP contribution is 2.21. The van der Waals surface area contributed by atoms with Gasteiger partial charge in [-0.15, -0.1) is 12.4 Å². The van der Waals surface area contributed by atoms with E-state index in [4.69, 9.17) is 10.2 Å². The third kappa shape index (κ3) is 2.40. The normalized spacial score (nSPS) is 23.4. The summed E-state index contributed by atoms with van der Waals surface area (Å²) >= 11 is 0. The summed E-state index contributed by atoms with van der Waals surface area (Å²) in [6.45, 7) is 0.574. The van der Waals surface area contributed by atoms with Gasteiger partial charge in [-0.25, -0.2) is 0 Å². The molecule has 1 heterocycles. The molecular weight excluding hydrogens is 190 g/mol. The van der Waals surface area contributed by atoms with Crippen LogP contribution >= 0.6 is 12.4 Å². The Morgan fingerprint density at radius 1 is 1.31 bits per heavy atom. The van der Waals surface area contributed by atoms with E-state index in [-0.39, 0.29) is 18.3 Å². The summed E-state index contributed by atoms with van der Waals surface area (Å²) in [5.41, 5.74) is 0. The number of nitrogens with one attached hydrogen (secondary N) is 1. The van der Waals surface area contributed by atoms with E-state index in [9.17, 15) is 0 Å². The van der Waals surface area contributed by atoms with Crippen LogP contribution in [0.3, 0.4) is 0 Å². The number of rotatable bonds is 1. The van der Waals surface area contributed by atoms with Crippen molar-refractivity contribution in [2.75, 3.05) is 6.54 Å². The van der Waals surface area contributed by atoms with Crippen LogP contribution < -0.4 is 0 Å². The molecule has 0 bridgehead atoms. The maximum atomic E-state index is 7.24. The van der Waals surface area contributed by atoms with Crippen molar-refractivity contribution < 1.29 is 9.53 Å². The van der Waals surface area contributed by atoms with Crippen molar-refractivity contribution >= 4 is 18.3 Å². The first-order chi connectivity index (χ1) is 5.86. The molecule has 1 fully saturated rings. The van der Waals surface area contributed by atoms with Gasteiger partial charge in [0, 0.05) is 12.8 Å². The van der Waals surface area contributed by atoms with Gasteiger partial charge in [0.25, 0.3) is 5.90 Å². The monoisotopic (exact) mass is 204 g/mol. The molecule has 0 aromatic rings. The van der Waals surface area contributed by atoms with E-state index in [2.05, 4.69) is 5.28 Å². The number of halogens is 1. The molecular formula is C8H15ClN3O+. The molecule has 4 nitrogen and oxygen atoms in total. The van der Waals surface area contributed by atoms with Gasteiger partial charge in [0.05, 0.1) is 0 Å². The standard InChI is InChI=1S/C8H14N3O.ClH/c9-8-6-11(10-12-8)7-4-2-1-3-5-7;/h7,9H,1-6H2;1H/q+1;. The molecule has 0 radical (unpaired) electrons. The van der Waals surface area contributed by atoms with Crippen LogP contribution in [0.1, 0.15) is 32.1 Å². The van der Waals surface area contributed by atoms with Crippen molar-refractivity contribution in [3.05, 3.63) is 0 Å². The minimum atomic E-state index is 0. The number of nitrogens with zero attached hydrogens (tertiary/aromatic N) is 2. The second kappa shape index (κ2) is 4.56. The molecule has 0 atom stereocenters. The van der Waals surface area contributed by atoms with Crippen molar-refractivity contribution in [2.24, 2.45) is 5.28 Å². The first kappa shape index (κ1) is 10.4. The SMILES string of the molecule is Cl.N=C1C[N+](C2CCCCC2)=NO1. The quantitative estimate of drug-likeness (QED) is 0.654. The molecule has 1 saturated carbocycles. The highest BCUT2D eigenvalue weighted by atomic mass is 35.5. The fourth-order valence-corrected chi connectivity index (χ4v) is 1.88. The summed E-state index contributed by atoms with van der Waals surface area (Å²) < 4.78 is 1.92. The zero-order chi connectivity index (χ0) is 8.39. The van der Waals surface area contributed by atoms with E-state index in [0.29, 0.717) is 12.6 Å². The minimum Gasteiger partial charge on any atom is -0.285 e. The average molecular weight is 205 g/mol. The van der Waals surface area contributed by atoms with Crippen LogP contribution in [-0.4, -0.2) is 23.2 Å². The van der Waals surface area contributed by atoms with Gasteiger partial charge in [0.1, 0.15) is 0 Å². The largest absolute Gasteiger partial charge is 0.291 e. The van der Waals surface area contributed by atoms with Crippen molar-refractivity contribution in [3.63, 3.8) is 0 Å². The minimum absolute atomic E-state index is 0. The smallest absolute Gasteiger partial charge is 0.285 e. The molecule has 0 aromatic heterocycles. The maximum Gasteiger partial charge on any atom is 0.291 e. The predicted octanol–water partition coefficient (Wildman–Crippen LogP) is 2.13. The van der Waals surface area contributed by atoms with Crippen LogP contribution in [0.2, 0.25) is 0 Å². The molecule has 1 N–H and O–H groups in total. The van der Waals surface area contributed by atoms with Crippen LogP contribution in [0.4, 0.5) is 0 Å². The highest BCUT2D eigenvalue weighted by Gasteiger charge is 2.31. The van der Waals surface area contributed by atoms with Gasteiger partial charge in [-0.1, -0.05) is 11.1 Å². The van der Waals surface area contributed by atoms with Crippen LogP contribution in [0.5, 0.6) is 0 Å². The maximum absolute atomic E-state index is 7.24. The van der Waals surface area contributed by atoms with Gasteiger partial charge < -0.3 is 0 Å². The van der Waals surface area contributed by atoms with Gasteiger partial charge in [0.15, 0.2) is 11.3 Å². The molecule has 0 spiro atoms. The molecule has 0 amide bonds. The molecule has 5 heteroatoms.